The van der Waals surface area contributed by atoms with E-state index in [9.17, 15) is 0 Å². The molecule has 0 spiro atoms. The lowest BCUT2D eigenvalue weighted by Crippen LogP contribution is -2.14. The first kappa shape index (κ1) is 14.0. The summed E-state index contributed by atoms with van der Waals surface area (Å²) in [4.78, 5) is 4.45. The summed E-state index contributed by atoms with van der Waals surface area (Å²) in [6, 6.07) is 7.96. The van der Waals surface area contributed by atoms with Crippen LogP contribution >= 0.6 is 11.3 Å². The number of nitrogens with zero attached hydrogens (tertiary/aromatic N) is 1. The Bertz CT molecular complexity index is 536. The van der Waals surface area contributed by atoms with Crippen LogP contribution in [0.3, 0.4) is 0 Å². The number of nitrogens with two attached hydrogens (primary N) is 1. The molecule has 1 heterocycles. The Morgan fingerprint density at radius 3 is 2.79 bits per heavy atom. The molecule has 1 atom stereocenters. The Morgan fingerprint density at radius 2 is 2.16 bits per heavy atom. The van der Waals surface area contributed by atoms with Gasteiger partial charge >= 0.3 is 0 Å². The highest BCUT2D eigenvalue weighted by Crippen LogP contribution is 2.22. The van der Waals surface area contributed by atoms with E-state index in [-0.39, 0.29) is 12.1 Å². The molecule has 2 rings (SSSR count). The maximum absolute atomic E-state index is 6.25. The van der Waals surface area contributed by atoms with Crippen LogP contribution in [-0.4, -0.2) is 11.1 Å². The van der Waals surface area contributed by atoms with Gasteiger partial charge in [0.25, 0.3) is 0 Å². The standard InChI is InChI=1S/C15H20N2OS/c1-10(2)18-14-6-4-5-12(7-14)15(16)8-13-9-19-11(3)17-13/h4-7,9-10,15H,8,16H2,1-3H3. The van der Waals surface area contributed by atoms with Gasteiger partial charge in [-0.25, -0.2) is 4.98 Å². The van der Waals surface area contributed by atoms with Crippen LogP contribution in [0.4, 0.5) is 0 Å². The molecule has 1 aromatic carbocycles. The van der Waals surface area contributed by atoms with Crippen molar-refractivity contribution in [2.24, 2.45) is 5.73 Å². The first-order chi connectivity index (χ1) is 9.04. The molecule has 2 aromatic rings. The van der Waals surface area contributed by atoms with Gasteiger partial charge in [0.1, 0.15) is 5.75 Å². The lowest BCUT2D eigenvalue weighted by atomic mass is 10.0. The molecule has 0 aliphatic rings. The molecule has 1 unspecified atom stereocenters. The highest BCUT2D eigenvalue weighted by molar-refractivity contribution is 7.09. The van der Waals surface area contributed by atoms with E-state index in [0.717, 1.165) is 28.4 Å². The summed E-state index contributed by atoms with van der Waals surface area (Å²) in [5, 5.41) is 3.16. The average Bonchev–Trinajstić information content (AvgIpc) is 2.74. The van der Waals surface area contributed by atoms with Gasteiger partial charge in [-0.3, -0.25) is 0 Å². The van der Waals surface area contributed by atoms with Gasteiger partial charge in [-0.1, -0.05) is 12.1 Å². The van der Waals surface area contributed by atoms with Crippen LogP contribution in [0, 0.1) is 6.92 Å². The molecule has 102 valence electrons. The molecule has 0 saturated heterocycles. The number of aromatic nitrogens is 1. The molecule has 0 fully saturated rings. The van der Waals surface area contributed by atoms with Crippen molar-refractivity contribution in [3.8, 4) is 5.75 Å². The summed E-state index contributed by atoms with van der Waals surface area (Å²) in [7, 11) is 0. The number of thiazole rings is 1. The van der Waals surface area contributed by atoms with E-state index in [1.807, 2.05) is 45.0 Å². The van der Waals surface area contributed by atoms with E-state index in [4.69, 9.17) is 10.5 Å². The minimum Gasteiger partial charge on any atom is -0.491 e. The summed E-state index contributed by atoms with van der Waals surface area (Å²) in [6.07, 6.45) is 0.933. The van der Waals surface area contributed by atoms with E-state index >= 15 is 0 Å². The summed E-state index contributed by atoms with van der Waals surface area (Å²) < 4.78 is 5.69. The minimum atomic E-state index is -0.0442. The maximum atomic E-state index is 6.25. The SMILES string of the molecule is Cc1nc(CC(N)c2cccc(OC(C)C)c2)cs1. The summed E-state index contributed by atoms with van der Waals surface area (Å²) in [6.45, 7) is 6.05. The Kier molecular flexibility index (Phi) is 4.56. The number of rotatable bonds is 5. The van der Waals surface area contributed by atoms with Crippen LogP contribution < -0.4 is 10.5 Å². The number of ether oxygens (including phenoxy) is 1. The first-order valence-electron chi connectivity index (χ1n) is 6.48. The van der Waals surface area contributed by atoms with E-state index < -0.39 is 0 Å². The molecule has 0 amide bonds. The minimum absolute atomic E-state index is 0.0442. The van der Waals surface area contributed by atoms with Crippen LogP contribution in [0.2, 0.25) is 0 Å². The zero-order chi connectivity index (χ0) is 13.8. The van der Waals surface area contributed by atoms with E-state index in [1.165, 1.54) is 0 Å². The quantitative estimate of drug-likeness (QED) is 0.909. The normalized spacial score (nSPS) is 12.7. The second-order valence-corrected chi connectivity index (χ2v) is 5.97. The predicted octanol–water partition coefficient (Wildman–Crippen LogP) is 3.48. The van der Waals surface area contributed by atoms with Gasteiger partial charge in [-0.05, 0) is 38.5 Å². The van der Waals surface area contributed by atoms with Gasteiger partial charge < -0.3 is 10.5 Å². The third kappa shape index (κ3) is 4.04. The fraction of sp³-hybridized carbons (Fsp3) is 0.400. The molecule has 0 saturated carbocycles. The molecule has 3 nitrogen and oxygen atoms in total. The number of hydrogen-bond acceptors (Lipinski definition) is 4. The maximum Gasteiger partial charge on any atom is 0.120 e. The van der Waals surface area contributed by atoms with Gasteiger partial charge in [-0.15, -0.1) is 11.3 Å². The van der Waals surface area contributed by atoms with Gasteiger partial charge in [0, 0.05) is 17.8 Å². The van der Waals surface area contributed by atoms with E-state index in [1.54, 1.807) is 11.3 Å². The highest BCUT2D eigenvalue weighted by Gasteiger charge is 2.10. The van der Waals surface area contributed by atoms with Crippen molar-refractivity contribution in [2.75, 3.05) is 0 Å². The topological polar surface area (TPSA) is 48.1 Å². The van der Waals surface area contributed by atoms with Crippen molar-refractivity contribution in [3.63, 3.8) is 0 Å². The lowest BCUT2D eigenvalue weighted by Gasteiger charge is -2.14. The van der Waals surface area contributed by atoms with Crippen LogP contribution in [0.25, 0.3) is 0 Å². The Labute approximate surface area is 118 Å². The van der Waals surface area contributed by atoms with Crippen molar-refractivity contribution in [3.05, 3.63) is 45.9 Å². The fourth-order valence-electron chi connectivity index (χ4n) is 1.94. The number of hydrogen-bond donors (Lipinski definition) is 1. The fourth-order valence-corrected chi connectivity index (χ4v) is 2.56. The molecule has 0 aliphatic carbocycles. The second-order valence-electron chi connectivity index (χ2n) is 4.91. The summed E-state index contributed by atoms with van der Waals surface area (Å²) in [5.41, 5.74) is 8.39. The van der Waals surface area contributed by atoms with Gasteiger partial charge in [-0.2, -0.15) is 0 Å². The lowest BCUT2D eigenvalue weighted by molar-refractivity contribution is 0.242. The zero-order valence-corrected chi connectivity index (χ0v) is 12.4. The molecule has 0 bridgehead atoms. The third-order valence-electron chi connectivity index (χ3n) is 2.75. The largest absolute Gasteiger partial charge is 0.491 e. The molecule has 19 heavy (non-hydrogen) atoms. The molecule has 0 aliphatic heterocycles. The summed E-state index contributed by atoms with van der Waals surface area (Å²) in [5.74, 6) is 0.873. The molecular weight excluding hydrogens is 256 g/mol. The van der Waals surface area contributed by atoms with Crippen molar-refractivity contribution in [1.29, 1.82) is 0 Å². The zero-order valence-electron chi connectivity index (χ0n) is 11.6. The first-order valence-corrected chi connectivity index (χ1v) is 7.36. The van der Waals surface area contributed by atoms with Gasteiger partial charge in [0.2, 0.25) is 0 Å². The third-order valence-corrected chi connectivity index (χ3v) is 3.58. The Morgan fingerprint density at radius 1 is 1.37 bits per heavy atom. The van der Waals surface area contributed by atoms with Crippen molar-refractivity contribution in [1.82, 2.24) is 4.98 Å². The smallest absolute Gasteiger partial charge is 0.120 e. The van der Waals surface area contributed by atoms with Gasteiger partial charge in [0.15, 0.2) is 0 Å². The van der Waals surface area contributed by atoms with Crippen molar-refractivity contribution < 1.29 is 4.74 Å². The molecule has 4 heteroatoms. The van der Waals surface area contributed by atoms with Crippen LogP contribution in [0.5, 0.6) is 5.75 Å². The monoisotopic (exact) mass is 276 g/mol. The predicted molar refractivity (Wildman–Crippen MR) is 79.7 cm³/mol. The molecule has 0 radical (unpaired) electrons. The molecule has 2 N–H and O–H groups in total. The van der Waals surface area contributed by atoms with E-state index in [2.05, 4.69) is 10.4 Å². The number of aryl methyl sites for hydroxylation is 1. The number of benzene rings is 1. The molecular formula is C15H20N2OS. The van der Waals surface area contributed by atoms with Gasteiger partial charge in [0.05, 0.1) is 16.8 Å². The van der Waals surface area contributed by atoms with Crippen LogP contribution in [-0.2, 0) is 6.42 Å². The summed E-state index contributed by atoms with van der Waals surface area (Å²) >= 11 is 1.66. The van der Waals surface area contributed by atoms with Crippen LogP contribution in [0.1, 0.15) is 36.2 Å². The molecule has 1 aromatic heterocycles. The highest BCUT2D eigenvalue weighted by atomic mass is 32.1. The van der Waals surface area contributed by atoms with Crippen LogP contribution in [0.15, 0.2) is 29.6 Å². The van der Waals surface area contributed by atoms with Crippen molar-refractivity contribution >= 4 is 11.3 Å². The average molecular weight is 276 g/mol. The van der Waals surface area contributed by atoms with Crippen molar-refractivity contribution in [2.45, 2.75) is 39.3 Å². The Hall–Kier alpha value is -1.39. The van der Waals surface area contributed by atoms with E-state index in [0.29, 0.717) is 0 Å². The second kappa shape index (κ2) is 6.17. The Balaban J connectivity index is 2.08.